The number of thiazole rings is 1. The van der Waals surface area contributed by atoms with Crippen LogP contribution in [-0.2, 0) is 22.6 Å². The Morgan fingerprint density at radius 1 is 1.28 bits per heavy atom. The Bertz CT molecular complexity index is 712. The molecule has 1 heterocycles. The molecule has 2 rings (SSSR count). The van der Waals surface area contributed by atoms with Crippen molar-refractivity contribution in [3.8, 4) is 5.75 Å². The molecule has 0 aliphatic heterocycles. The third-order valence-corrected chi connectivity index (χ3v) is 4.36. The lowest BCUT2D eigenvalue weighted by Gasteiger charge is -2.19. The molecule has 1 aromatic carbocycles. The highest BCUT2D eigenvalue weighted by Crippen LogP contribution is 2.16. The van der Waals surface area contributed by atoms with Gasteiger partial charge in [-0.15, -0.1) is 11.3 Å². The van der Waals surface area contributed by atoms with Crippen molar-refractivity contribution in [3.63, 3.8) is 0 Å². The minimum Gasteiger partial charge on any atom is -0.486 e. The van der Waals surface area contributed by atoms with Crippen molar-refractivity contribution < 1.29 is 19.4 Å². The maximum Gasteiger partial charge on any atom is 0.323 e. The Morgan fingerprint density at radius 2 is 2.00 bits per heavy atom. The highest BCUT2D eigenvalue weighted by Gasteiger charge is 2.17. The molecule has 0 aliphatic carbocycles. The number of hydrogen-bond donors (Lipinski definition) is 1. The summed E-state index contributed by atoms with van der Waals surface area (Å²) < 4.78 is 5.68. The van der Waals surface area contributed by atoms with Crippen LogP contribution in [-0.4, -0.2) is 40.0 Å². The van der Waals surface area contributed by atoms with E-state index in [0.29, 0.717) is 25.3 Å². The highest BCUT2D eigenvalue weighted by molar-refractivity contribution is 7.09. The quantitative estimate of drug-likeness (QED) is 0.742. The van der Waals surface area contributed by atoms with E-state index in [1.54, 1.807) is 0 Å². The smallest absolute Gasteiger partial charge is 0.323 e. The van der Waals surface area contributed by atoms with Gasteiger partial charge < -0.3 is 14.7 Å². The van der Waals surface area contributed by atoms with E-state index in [1.807, 2.05) is 43.5 Å². The van der Waals surface area contributed by atoms with Gasteiger partial charge in [0.2, 0.25) is 5.91 Å². The molecule has 7 heteroatoms. The lowest BCUT2D eigenvalue weighted by molar-refractivity contribution is -0.144. The summed E-state index contributed by atoms with van der Waals surface area (Å²) in [6.07, 6.45) is 0.819. The molecule has 0 atom stereocenters. The van der Waals surface area contributed by atoms with Crippen molar-refractivity contribution in [2.24, 2.45) is 0 Å². The number of carboxylic acid groups (broad SMARTS) is 1. The first-order chi connectivity index (χ1) is 12.0. The molecule has 6 nitrogen and oxygen atoms in total. The second kappa shape index (κ2) is 9.17. The molecule has 0 aliphatic rings. The molecule has 1 aromatic heterocycles. The molecule has 0 radical (unpaired) electrons. The fourth-order valence-electron chi connectivity index (χ4n) is 2.27. The van der Waals surface area contributed by atoms with Gasteiger partial charge in [0.25, 0.3) is 0 Å². The molecule has 134 valence electrons. The maximum absolute atomic E-state index is 12.3. The van der Waals surface area contributed by atoms with Crippen molar-refractivity contribution in [1.29, 1.82) is 0 Å². The van der Waals surface area contributed by atoms with Gasteiger partial charge >= 0.3 is 5.97 Å². The fraction of sp³-hybridized carbons (Fsp3) is 0.389. The van der Waals surface area contributed by atoms with Gasteiger partial charge in [-0.25, -0.2) is 4.98 Å². The lowest BCUT2D eigenvalue weighted by atomic mass is 10.2. The number of rotatable bonds is 9. The van der Waals surface area contributed by atoms with Crippen LogP contribution in [0.1, 0.15) is 29.6 Å². The van der Waals surface area contributed by atoms with E-state index in [1.165, 1.54) is 21.8 Å². The van der Waals surface area contributed by atoms with Crippen molar-refractivity contribution in [2.45, 2.75) is 33.3 Å². The van der Waals surface area contributed by atoms with Crippen LogP contribution >= 0.6 is 11.3 Å². The van der Waals surface area contributed by atoms with Gasteiger partial charge in [0.05, 0.1) is 12.1 Å². The topological polar surface area (TPSA) is 79.7 Å². The summed E-state index contributed by atoms with van der Waals surface area (Å²) in [6.45, 7) is 4.42. The van der Waals surface area contributed by atoms with Crippen LogP contribution in [0, 0.1) is 6.92 Å². The van der Waals surface area contributed by atoms with Gasteiger partial charge in [-0.05, 0) is 25.5 Å². The Balaban J connectivity index is 1.90. The minimum atomic E-state index is -1.01. The third-order valence-electron chi connectivity index (χ3n) is 3.49. The number of hydrogen-bond acceptors (Lipinski definition) is 5. The summed E-state index contributed by atoms with van der Waals surface area (Å²) in [5, 5.41) is 11.5. The number of carboxylic acids is 1. The molecular weight excluding hydrogens is 340 g/mol. The molecule has 1 N–H and O–H groups in total. The molecular formula is C18H22N2O4S. The van der Waals surface area contributed by atoms with Crippen LogP contribution in [0.15, 0.2) is 29.6 Å². The SMILES string of the molecule is CCCN(CC(=O)O)C(=O)Cc1csc(COc2ccc(C)cc2)n1. The molecule has 0 bridgehead atoms. The summed E-state index contributed by atoms with van der Waals surface area (Å²) >= 11 is 1.43. The van der Waals surface area contributed by atoms with Crippen molar-refractivity contribution in [1.82, 2.24) is 9.88 Å². The second-order valence-electron chi connectivity index (χ2n) is 5.72. The van der Waals surface area contributed by atoms with Crippen molar-refractivity contribution in [3.05, 3.63) is 45.9 Å². The van der Waals surface area contributed by atoms with Crippen LogP contribution in [0.3, 0.4) is 0 Å². The largest absolute Gasteiger partial charge is 0.486 e. The summed E-state index contributed by atoms with van der Waals surface area (Å²) in [6, 6.07) is 7.77. The average molecular weight is 362 g/mol. The Hall–Kier alpha value is -2.41. The molecule has 0 saturated heterocycles. The zero-order chi connectivity index (χ0) is 18.2. The number of ether oxygens (including phenoxy) is 1. The number of amides is 1. The number of nitrogens with zero attached hydrogens (tertiary/aromatic N) is 2. The summed E-state index contributed by atoms with van der Waals surface area (Å²) in [5.41, 5.74) is 1.81. The van der Waals surface area contributed by atoms with Crippen LogP contribution in [0.2, 0.25) is 0 Å². The van der Waals surface area contributed by atoms with Gasteiger partial charge in [-0.2, -0.15) is 0 Å². The number of aryl methyl sites for hydroxylation is 1. The zero-order valence-corrected chi connectivity index (χ0v) is 15.2. The van der Waals surface area contributed by atoms with E-state index in [-0.39, 0.29) is 18.9 Å². The highest BCUT2D eigenvalue weighted by atomic mass is 32.1. The number of carbonyl (C=O) groups is 2. The third kappa shape index (κ3) is 6.19. The first kappa shape index (κ1) is 18.9. The van der Waals surface area contributed by atoms with Gasteiger partial charge in [0.1, 0.15) is 23.9 Å². The summed E-state index contributed by atoms with van der Waals surface area (Å²) in [7, 11) is 0. The average Bonchev–Trinajstić information content (AvgIpc) is 3.01. The first-order valence-corrected chi connectivity index (χ1v) is 8.98. The zero-order valence-electron chi connectivity index (χ0n) is 14.4. The molecule has 0 saturated carbocycles. The van der Waals surface area contributed by atoms with Gasteiger partial charge in [-0.3, -0.25) is 9.59 Å². The molecule has 0 fully saturated rings. The van der Waals surface area contributed by atoms with Crippen LogP contribution < -0.4 is 4.74 Å². The van der Waals surface area contributed by atoms with Crippen LogP contribution in [0.5, 0.6) is 5.75 Å². The minimum absolute atomic E-state index is 0.105. The lowest BCUT2D eigenvalue weighted by Crippen LogP contribution is -2.37. The summed E-state index contributed by atoms with van der Waals surface area (Å²) in [5.74, 6) is -0.457. The normalized spacial score (nSPS) is 10.5. The number of aromatic nitrogens is 1. The second-order valence-corrected chi connectivity index (χ2v) is 6.66. The number of benzene rings is 1. The Kier molecular flexibility index (Phi) is 6.94. The Labute approximate surface area is 151 Å². The predicted molar refractivity (Wildman–Crippen MR) is 95.8 cm³/mol. The molecule has 1 amide bonds. The molecule has 0 spiro atoms. The van der Waals surface area contributed by atoms with E-state index in [0.717, 1.165) is 10.8 Å². The van der Waals surface area contributed by atoms with E-state index >= 15 is 0 Å². The fourth-order valence-corrected chi connectivity index (χ4v) is 2.97. The number of carbonyl (C=O) groups excluding carboxylic acids is 1. The maximum atomic E-state index is 12.3. The first-order valence-electron chi connectivity index (χ1n) is 8.10. The van der Waals surface area contributed by atoms with Gasteiger partial charge in [0.15, 0.2) is 0 Å². The van der Waals surface area contributed by atoms with Crippen LogP contribution in [0.25, 0.3) is 0 Å². The van der Waals surface area contributed by atoms with E-state index in [9.17, 15) is 9.59 Å². The standard InChI is InChI=1S/C18H22N2O4S/c1-3-8-20(10-18(22)23)17(21)9-14-12-25-16(19-14)11-24-15-6-4-13(2)5-7-15/h4-7,12H,3,8-11H2,1-2H3,(H,22,23). The van der Waals surface area contributed by atoms with Gasteiger partial charge in [-0.1, -0.05) is 24.6 Å². The summed E-state index contributed by atoms with van der Waals surface area (Å²) in [4.78, 5) is 28.9. The van der Waals surface area contributed by atoms with E-state index < -0.39 is 5.97 Å². The van der Waals surface area contributed by atoms with Crippen molar-refractivity contribution in [2.75, 3.05) is 13.1 Å². The molecule has 25 heavy (non-hydrogen) atoms. The van der Waals surface area contributed by atoms with Crippen molar-refractivity contribution >= 4 is 23.2 Å². The van der Waals surface area contributed by atoms with Crippen LogP contribution in [0.4, 0.5) is 0 Å². The van der Waals surface area contributed by atoms with E-state index in [4.69, 9.17) is 9.84 Å². The molecule has 0 unspecified atom stereocenters. The van der Waals surface area contributed by atoms with E-state index in [2.05, 4.69) is 4.98 Å². The predicted octanol–water partition coefficient (Wildman–Crippen LogP) is 2.90. The Morgan fingerprint density at radius 3 is 2.64 bits per heavy atom. The number of aliphatic carboxylic acids is 1. The monoisotopic (exact) mass is 362 g/mol. The molecule has 2 aromatic rings. The van der Waals surface area contributed by atoms with Gasteiger partial charge in [0, 0.05) is 11.9 Å².